The molecule has 1 amide bonds. The summed E-state index contributed by atoms with van der Waals surface area (Å²) in [6.07, 6.45) is 2.32. The van der Waals surface area contributed by atoms with Gasteiger partial charge >= 0.3 is 0 Å². The molecule has 0 atom stereocenters. The van der Waals surface area contributed by atoms with Crippen LogP contribution in [-0.2, 0) is 19.4 Å². The molecule has 0 aliphatic carbocycles. The lowest BCUT2D eigenvalue weighted by Crippen LogP contribution is -2.53. The SMILES string of the molecule is Cl.NC(=O)C1(S(=O)(=O)c2ccc(N3CCC(c4ccccc4)CC3)cc2)CCOCC1. The van der Waals surface area contributed by atoms with Gasteiger partial charge in [-0.2, -0.15) is 0 Å². The first-order valence-electron chi connectivity index (χ1n) is 10.5. The third kappa shape index (κ3) is 4.45. The molecule has 0 spiro atoms. The number of hydrogen-bond donors (Lipinski definition) is 1. The summed E-state index contributed by atoms with van der Waals surface area (Å²) in [6.45, 7) is 2.29. The van der Waals surface area contributed by atoms with Crippen LogP contribution in [-0.4, -0.2) is 45.4 Å². The second kappa shape index (κ2) is 9.59. The van der Waals surface area contributed by atoms with Crippen LogP contribution in [0.5, 0.6) is 0 Å². The topological polar surface area (TPSA) is 89.7 Å². The summed E-state index contributed by atoms with van der Waals surface area (Å²) in [4.78, 5) is 14.6. The van der Waals surface area contributed by atoms with Crippen molar-refractivity contribution >= 4 is 33.8 Å². The van der Waals surface area contributed by atoms with Crippen molar-refractivity contribution in [3.05, 3.63) is 60.2 Å². The first-order valence-corrected chi connectivity index (χ1v) is 11.9. The lowest BCUT2D eigenvalue weighted by molar-refractivity contribution is -0.122. The summed E-state index contributed by atoms with van der Waals surface area (Å²) in [5.74, 6) is -0.232. The first kappa shape index (κ1) is 23.6. The monoisotopic (exact) mass is 464 g/mol. The lowest BCUT2D eigenvalue weighted by Gasteiger charge is -2.35. The maximum Gasteiger partial charge on any atom is 0.239 e. The number of piperidine rings is 1. The molecule has 6 nitrogen and oxygen atoms in total. The summed E-state index contributed by atoms with van der Waals surface area (Å²) in [6, 6.07) is 17.5. The number of nitrogens with zero attached hydrogens (tertiary/aromatic N) is 1. The summed E-state index contributed by atoms with van der Waals surface area (Å²) in [7, 11) is -3.89. The van der Waals surface area contributed by atoms with E-state index in [0.29, 0.717) is 5.92 Å². The third-order valence-electron chi connectivity index (χ3n) is 6.54. The van der Waals surface area contributed by atoms with E-state index in [1.807, 2.05) is 18.2 Å². The van der Waals surface area contributed by atoms with E-state index in [9.17, 15) is 13.2 Å². The lowest BCUT2D eigenvalue weighted by atomic mass is 9.89. The summed E-state index contributed by atoms with van der Waals surface area (Å²) >= 11 is 0. The quantitative estimate of drug-likeness (QED) is 0.733. The van der Waals surface area contributed by atoms with Gasteiger partial charge in [-0.3, -0.25) is 4.79 Å². The predicted octanol–water partition coefficient (Wildman–Crippen LogP) is 3.30. The molecule has 8 heteroatoms. The summed E-state index contributed by atoms with van der Waals surface area (Å²) < 4.78 is 30.2. The molecule has 2 aliphatic rings. The van der Waals surface area contributed by atoms with Crippen molar-refractivity contribution in [3.8, 4) is 0 Å². The number of amides is 1. The van der Waals surface area contributed by atoms with Gasteiger partial charge in [0.2, 0.25) is 5.91 Å². The highest BCUT2D eigenvalue weighted by atomic mass is 35.5. The normalized spacial score (nSPS) is 19.4. The van der Waals surface area contributed by atoms with Gasteiger partial charge in [0.25, 0.3) is 0 Å². The summed E-state index contributed by atoms with van der Waals surface area (Å²) in [5.41, 5.74) is 7.93. The van der Waals surface area contributed by atoms with Crippen molar-refractivity contribution < 1.29 is 17.9 Å². The van der Waals surface area contributed by atoms with Gasteiger partial charge in [0, 0.05) is 32.0 Å². The molecule has 2 N–H and O–H groups in total. The highest BCUT2D eigenvalue weighted by molar-refractivity contribution is 7.93. The molecule has 2 saturated heterocycles. The van der Waals surface area contributed by atoms with Gasteiger partial charge in [0.1, 0.15) is 0 Å². The number of anilines is 1. The smallest absolute Gasteiger partial charge is 0.239 e. The summed E-state index contributed by atoms with van der Waals surface area (Å²) in [5, 5.41) is 0. The van der Waals surface area contributed by atoms with Crippen LogP contribution in [0.15, 0.2) is 59.5 Å². The maximum atomic E-state index is 13.3. The Kier molecular flexibility index (Phi) is 7.29. The van der Waals surface area contributed by atoms with E-state index in [1.165, 1.54) is 5.56 Å². The van der Waals surface area contributed by atoms with Crippen molar-refractivity contribution in [2.45, 2.75) is 41.2 Å². The number of nitrogens with two attached hydrogens (primary N) is 1. The molecule has 0 bridgehead atoms. The number of primary amides is 1. The van der Waals surface area contributed by atoms with E-state index in [0.717, 1.165) is 31.6 Å². The second-order valence-electron chi connectivity index (χ2n) is 8.14. The molecular formula is C23H29ClN2O4S. The molecule has 0 radical (unpaired) electrons. The highest BCUT2D eigenvalue weighted by Crippen LogP contribution is 2.36. The van der Waals surface area contributed by atoms with Crippen LogP contribution < -0.4 is 10.6 Å². The Balaban J connectivity index is 0.00000272. The minimum Gasteiger partial charge on any atom is -0.381 e. The van der Waals surface area contributed by atoms with Crippen LogP contribution in [0.2, 0.25) is 0 Å². The number of rotatable bonds is 5. The number of halogens is 1. The average molecular weight is 465 g/mol. The fraction of sp³-hybridized carbons (Fsp3) is 0.435. The van der Waals surface area contributed by atoms with E-state index in [4.69, 9.17) is 10.5 Å². The number of carbonyl (C=O) groups is 1. The van der Waals surface area contributed by atoms with Gasteiger partial charge in [-0.05, 0) is 61.4 Å². The second-order valence-corrected chi connectivity index (χ2v) is 10.4. The van der Waals surface area contributed by atoms with Crippen LogP contribution in [0.3, 0.4) is 0 Å². The van der Waals surface area contributed by atoms with Gasteiger partial charge in [-0.1, -0.05) is 30.3 Å². The van der Waals surface area contributed by atoms with Crippen molar-refractivity contribution in [2.24, 2.45) is 5.73 Å². The van der Waals surface area contributed by atoms with E-state index in [1.54, 1.807) is 12.1 Å². The van der Waals surface area contributed by atoms with Crippen LogP contribution in [0.4, 0.5) is 5.69 Å². The van der Waals surface area contributed by atoms with Gasteiger partial charge in [-0.15, -0.1) is 12.4 Å². The van der Waals surface area contributed by atoms with Crippen molar-refractivity contribution in [3.63, 3.8) is 0 Å². The maximum absolute atomic E-state index is 13.3. The van der Waals surface area contributed by atoms with Gasteiger partial charge < -0.3 is 15.4 Å². The third-order valence-corrected chi connectivity index (χ3v) is 9.07. The molecule has 0 saturated carbocycles. The molecule has 31 heavy (non-hydrogen) atoms. The molecule has 2 fully saturated rings. The number of hydrogen-bond acceptors (Lipinski definition) is 5. The largest absolute Gasteiger partial charge is 0.381 e. The van der Waals surface area contributed by atoms with Crippen molar-refractivity contribution in [2.75, 3.05) is 31.2 Å². The van der Waals surface area contributed by atoms with E-state index in [2.05, 4.69) is 29.2 Å². The van der Waals surface area contributed by atoms with Crippen LogP contribution in [0.25, 0.3) is 0 Å². The number of benzene rings is 2. The molecule has 2 aromatic rings. The van der Waals surface area contributed by atoms with E-state index >= 15 is 0 Å². The Labute approximate surface area is 190 Å². The Bertz CT molecular complexity index is 982. The molecule has 168 valence electrons. The van der Waals surface area contributed by atoms with Crippen molar-refractivity contribution in [1.82, 2.24) is 0 Å². The van der Waals surface area contributed by atoms with Crippen LogP contribution in [0, 0.1) is 0 Å². The number of ether oxygens (including phenoxy) is 1. The molecular weight excluding hydrogens is 436 g/mol. The molecule has 4 rings (SSSR count). The predicted molar refractivity (Wildman–Crippen MR) is 123 cm³/mol. The average Bonchev–Trinajstić information content (AvgIpc) is 2.80. The Morgan fingerprint density at radius 2 is 1.55 bits per heavy atom. The van der Waals surface area contributed by atoms with Gasteiger partial charge in [0.15, 0.2) is 14.6 Å². The van der Waals surface area contributed by atoms with E-state index < -0.39 is 20.5 Å². The Morgan fingerprint density at radius 1 is 0.968 bits per heavy atom. The minimum atomic E-state index is -3.89. The van der Waals surface area contributed by atoms with Gasteiger partial charge in [-0.25, -0.2) is 8.42 Å². The molecule has 2 heterocycles. The molecule has 0 aromatic heterocycles. The first-order chi connectivity index (χ1) is 14.4. The zero-order valence-corrected chi connectivity index (χ0v) is 19.0. The molecule has 2 aromatic carbocycles. The van der Waals surface area contributed by atoms with Crippen LogP contribution >= 0.6 is 12.4 Å². The Hall–Kier alpha value is -2.09. The van der Waals surface area contributed by atoms with Crippen molar-refractivity contribution in [1.29, 1.82) is 0 Å². The zero-order chi connectivity index (χ0) is 21.2. The number of sulfone groups is 1. The molecule has 2 aliphatic heterocycles. The minimum absolute atomic E-state index is 0. The fourth-order valence-corrected chi connectivity index (χ4v) is 6.52. The molecule has 0 unspecified atom stereocenters. The standard InChI is InChI=1S/C23H28N2O4S.ClH/c24-22(26)23(12-16-29-17-13-23)30(27,28)21-8-6-20(7-9-21)25-14-10-19(11-15-25)18-4-2-1-3-5-18;/h1-9,19H,10-17H2,(H2,24,26);1H. The van der Waals surface area contributed by atoms with Crippen LogP contribution in [0.1, 0.15) is 37.2 Å². The van der Waals surface area contributed by atoms with E-state index in [-0.39, 0.29) is 43.4 Å². The van der Waals surface area contributed by atoms with Gasteiger partial charge in [0.05, 0.1) is 4.90 Å². The number of carbonyl (C=O) groups excluding carboxylic acids is 1. The zero-order valence-electron chi connectivity index (χ0n) is 17.4. The fourth-order valence-electron chi connectivity index (χ4n) is 4.61. The Morgan fingerprint density at radius 3 is 2.10 bits per heavy atom. The highest BCUT2D eigenvalue weighted by Gasteiger charge is 2.51.